The predicted molar refractivity (Wildman–Crippen MR) is 101 cm³/mol. The van der Waals surface area contributed by atoms with Gasteiger partial charge < -0.3 is 10.5 Å². The normalized spacial score (nSPS) is 22.3. The summed E-state index contributed by atoms with van der Waals surface area (Å²) < 4.78 is 8.03. The van der Waals surface area contributed by atoms with Crippen LogP contribution in [0.1, 0.15) is 29.3 Å². The summed E-state index contributed by atoms with van der Waals surface area (Å²) in [6.07, 6.45) is 4.08. The quantitative estimate of drug-likeness (QED) is 0.870. The number of piperidine rings is 1. The molecular weight excluding hydrogens is 361 g/mol. The number of hydrogen-bond donors (Lipinski definition) is 1. The predicted octanol–water partition coefficient (Wildman–Crippen LogP) is 1.97. The maximum absolute atomic E-state index is 5.97. The van der Waals surface area contributed by atoms with Crippen molar-refractivity contribution in [2.45, 2.75) is 38.1 Å². The molecule has 0 unspecified atom stereocenters. The molecule has 25 heavy (non-hydrogen) atoms. The van der Waals surface area contributed by atoms with Crippen molar-refractivity contribution in [1.82, 2.24) is 19.9 Å². The number of aromatic nitrogens is 3. The third-order valence-electron chi connectivity index (χ3n) is 4.87. The van der Waals surface area contributed by atoms with Crippen molar-refractivity contribution in [3.05, 3.63) is 47.3 Å². The molecule has 4 rings (SSSR count). The van der Waals surface area contributed by atoms with Gasteiger partial charge in [0.2, 0.25) is 0 Å². The standard InChI is InChI=1S/C17H23N5O.2ClH/c18-7-5-13-1-3-14(4-2-13)10-21-8-6-17-16(11-21)22-15(12-23-17)9-19-20-22;;/h1-4,9,16-17H,5-8,10-12,18H2;2*1H/t16-,17+;;/m0../s1. The van der Waals surface area contributed by atoms with Gasteiger partial charge in [0.25, 0.3) is 0 Å². The number of benzene rings is 1. The number of ether oxygens (including phenoxy) is 1. The minimum atomic E-state index is 0. The molecule has 2 atom stereocenters. The zero-order valence-corrected chi connectivity index (χ0v) is 15.7. The Morgan fingerprint density at radius 2 is 1.92 bits per heavy atom. The highest BCUT2D eigenvalue weighted by Crippen LogP contribution is 2.30. The molecule has 2 aliphatic rings. The number of rotatable bonds is 4. The molecule has 1 aromatic carbocycles. The molecular formula is C17H25Cl2N5O. The zero-order valence-electron chi connectivity index (χ0n) is 14.1. The van der Waals surface area contributed by atoms with Crippen molar-refractivity contribution >= 4 is 24.8 Å². The molecule has 0 saturated carbocycles. The molecule has 0 radical (unpaired) electrons. The molecule has 1 saturated heterocycles. The largest absolute Gasteiger partial charge is 0.370 e. The van der Waals surface area contributed by atoms with Gasteiger partial charge in [-0.25, -0.2) is 4.68 Å². The zero-order chi connectivity index (χ0) is 15.6. The van der Waals surface area contributed by atoms with Crippen molar-refractivity contribution in [2.75, 3.05) is 19.6 Å². The van der Waals surface area contributed by atoms with E-state index in [1.807, 2.05) is 6.20 Å². The van der Waals surface area contributed by atoms with Crippen LogP contribution in [0.25, 0.3) is 0 Å². The Kier molecular flexibility index (Phi) is 7.22. The molecule has 0 amide bonds. The summed E-state index contributed by atoms with van der Waals surface area (Å²) in [6.45, 7) is 4.34. The Balaban J connectivity index is 0.00000113. The van der Waals surface area contributed by atoms with E-state index in [0.717, 1.165) is 38.2 Å². The van der Waals surface area contributed by atoms with E-state index in [1.54, 1.807) is 0 Å². The Labute approximate surface area is 160 Å². The molecule has 0 spiro atoms. The van der Waals surface area contributed by atoms with E-state index in [9.17, 15) is 0 Å². The molecule has 8 heteroatoms. The van der Waals surface area contributed by atoms with Gasteiger partial charge in [0.1, 0.15) is 0 Å². The second-order valence-electron chi connectivity index (χ2n) is 6.47. The van der Waals surface area contributed by atoms with E-state index in [4.69, 9.17) is 10.5 Å². The fraction of sp³-hybridized carbons (Fsp3) is 0.529. The fourth-order valence-electron chi connectivity index (χ4n) is 3.62. The lowest BCUT2D eigenvalue weighted by Crippen LogP contribution is -2.47. The van der Waals surface area contributed by atoms with Crippen molar-refractivity contribution in [3.8, 4) is 0 Å². The number of hydrogen-bond acceptors (Lipinski definition) is 5. The minimum Gasteiger partial charge on any atom is -0.370 e. The first kappa shape index (κ1) is 20.1. The molecule has 1 fully saturated rings. The molecule has 3 heterocycles. The lowest BCUT2D eigenvalue weighted by molar-refractivity contribution is -0.0669. The number of nitrogens with zero attached hydrogens (tertiary/aromatic N) is 4. The molecule has 2 aliphatic heterocycles. The van der Waals surface area contributed by atoms with E-state index in [-0.39, 0.29) is 37.0 Å². The molecule has 2 aromatic rings. The molecule has 1 aromatic heterocycles. The highest BCUT2D eigenvalue weighted by atomic mass is 35.5. The molecule has 2 N–H and O–H groups in total. The molecule has 6 nitrogen and oxygen atoms in total. The van der Waals surface area contributed by atoms with E-state index < -0.39 is 0 Å². The average Bonchev–Trinajstić information content (AvgIpc) is 3.06. The summed E-state index contributed by atoms with van der Waals surface area (Å²) in [6, 6.07) is 9.10. The lowest BCUT2D eigenvalue weighted by atomic mass is 9.99. The van der Waals surface area contributed by atoms with Gasteiger partial charge in [-0.15, -0.1) is 29.9 Å². The molecule has 0 bridgehead atoms. The van der Waals surface area contributed by atoms with E-state index >= 15 is 0 Å². The highest BCUT2D eigenvalue weighted by Gasteiger charge is 2.36. The maximum atomic E-state index is 5.97. The van der Waals surface area contributed by atoms with Crippen molar-refractivity contribution in [3.63, 3.8) is 0 Å². The first-order valence-electron chi connectivity index (χ1n) is 8.34. The van der Waals surface area contributed by atoms with Crippen LogP contribution in [0.4, 0.5) is 0 Å². The number of fused-ring (bicyclic) bond motifs is 3. The van der Waals surface area contributed by atoms with E-state index in [2.05, 4.69) is 44.2 Å². The van der Waals surface area contributed by atoms with Gasteiger partial charge in [-0.3, -0.25) is 4.90 Å². The first-order chi connectivity index (χ1) is 11.3. The monoisotopic (exact) mass is 385 g/mol. The minimum absolute atomic E-state index is 0. The lowest BCUT2D eigenvalue weighted by Gasteiger charge is -2.41. The van der Waals surface area contributed by atoms with E-state index in [0.29, 0.717) is 13.2 Å². The van der Waals surface area contributed by atoms with Gasteiger partial charge in [0, 0.05) is 19.6 Å². The van der Waals surface area contributed by atoms with Gasteiger partial charge in [0.15, 0.2) is 0 Å². The summed E-state index contributed by atoms with van der Waals surface area (Å²) >= 11 is 0. The number of halogens is 2. The Bertz CT molecular complexity index is 663. The average molecular weight is 386 g/mol. The fourth-order valence-corrected chi connectivity index (χ4v) is 3.62. The van der Waals surface area contributed by atoms with Crippen molar-refractivity contribution in [2.24, 2.45) is 5.73 Å². The second kappa shape index (κ2) is 8.96. The van der Waals surface area contributed by atoms with Crippen LogP contribution >= 0.6 is 24.8 Å². The topological polar surface area (TPSA) is 69.2 Å². The van der Waals surface area contributed by atoms with E-state index in [1.165, 1.54) is 11.1 Å². The summed E-state index contributed by atoms with van der Waals surface area (Å²) in [5.41, 5.74) is 9.34. The second-order valence-corrected chi connectivity index (χ2v) is 6.47. The van der Waals surface area contributed by atoms with Crippen LogP contribution in [0.5, 0.6) is 0 Å². The third-order valence-corrected chi connectivity index (χ3v) is 4.87. The van der Waals surface area contributed by atoms with Crippen LogP contribution in [0.2, 0.25) is 0 Å². The summed E-state index contributed by atoms with van der Waals surface area (Å²) in [7, 11) is 0. The molecule has 138 valence electrons. The van der Waals surface area contributed by atoms with Crippen LogP contribution in [0.15, 0.2) is 30.5 Å². The SMILES string of the molecule is Cl.Cl.NCCc1ccc(CN2CC[C@H]3OCc4cnnn4[C@H]3C2)cc1. The summed E-state index contributed by atoms with van der Waals surface area (Å²) in [4.78, 5) is 2.49. The Morgan fingerprint density at radius 3 is 2.68 bits per heavy atom. The number of likely N-dealkylation sites (tertiary alicyclic amines) is 1. The summed E-state index contributed by atoms with van der Waals surface area (Å²) in [5, 5.41) is 8.30. The smallest absolute Gasteiger partial charge is 0.0930 e. The summed E-state index contributed by atoms with van der Waals surface area (Å²) in [5.74, 6) is 0. The number of nitrogens with two attached hydrogens (primary N) is 1. The van der Waals surface area contributed by atoms with Crippen LogP contribution in [-0.4, -0.2) is 45.6 Å². The van der Waals surface area contributed by atoms with Crippen LogP contribution in [0, 0.1) is 0 Å². The Hall–Kier alpha value is -1.18. The Morgan fingerprint density at radius 1 is 1.16 bits per heavy atom. The van der Waals surface area contributed by atoms with Crippen LogP contribution in [0.3, 0.4) is 0 Å². The van der Waals surface area contributed by atoms with Gasteiger partial charge in [-0.1, -0.05) is 29.5 Å². The van der Waals surface area contributed by atoms with Crippen molar-refractivity contribution < 1.29 is 4.74 Å². The van der Waals surface area contributed by atoms with Crippen molar-refractivity contribution in [1.29, 1.82) is 0 Å². The highest BCUT2D eigenvalue weighted by molar-refractivity contribution is 5.85. The third kappa shape index (κ3) is 4.33. The van der Waals surface area contributed by atoms with Crippen LogP contribution in [-0.2, 0) is 24.3 Å². The van der Waals surface area contributed by atoms with Gasteiger partial charge in [-0.2, -0.15) is 0 Å². The molecule has 0 aliphatic carbocycles. The van der Waals surface area contributed by atoms with Gasteiger partial charge in [-0.05, 0) is 30.5 Å². The van der Waals surface area contributed by atoms with Gasteiger partial charge >= 0.3 is 0 Å². The maximum Gasteiger partial charge on any atom is 0.0930 e. The van der Waals surface area contributed by atoms with Gasteiger partial charge in [0.05, 0.1) is 30.6 Å². The first-order valence-corrected chi connectivity index (χ1v) is 8.34. The van der Waals surface area contributed by atoms with Crippen LogP contribution < -0.4 is 5.73 Å².